The molecule has 4 heterocycles. The van der Waals surface area contributed by atoms with Gasteiger partial charge in [-0.15, -0.1) is 0 Å². The number of methoxy groups -OCH3 is 1. The van der Waals surface area contributed by atoms with Gasteiger partial charge in [0.25, 0.3) is 5.91 Å². The monoisotopic (exact) mass is 1050 g/mol. The van der Waals surface area contributed by atoms with Gasteiger partial charge in [0.05, 0.1) is 34.9 Å². The van der Waals surface area contributed by atoms with Crippen molar-refractivity contribution in [2.45, 2.75) is 103 Å². The van der Waals surface area contributed by atoms with Crippen LogP contribution in [0.2, 0.25) is 5.02 Å². The van der Waals surface area contributed by atoms with Gasteiger partial charge in [0.15, 0.2) is 6.61 Å². The van der Waals surface area contributed by atoms with Gasteiger partial charge in [0.1, 0.15) is 28.7 Å². The number of rotatable bonds is 13. The number of carbonyl (C=O) groups is 5. The molecule has 3 saturated heterocycles. The number of hydrogen-bond donors (Lipinski definition) is 3. The average molecular weight is 1050 g/mol. The summed E-state index contributed by atoms with van der Waals surface area (Å²) in [6.45, 7) is 13.5. The SMILES string of the molecule is COc1cc2nc(C)nc(N[C@H](C)c3cc(NC(=O)OC(C)(C)C)cc(C(F)(F)F)c3)c2cc1C1CCC(C(=O)N2CCN(CC3CCN(C(=O)COc4ccc(Cl)c(N5CCC(=O)NC5=O)c4)CC3)CC2)CC1. The van der Waals surface area contributed by atoms with Crippen LogP contribution in [0.25, 0.3) is 10.9 Å². The Morgan fingerprint density at radius 3 is 2.26 bits per heavy atom. The summed E-state index contributed by atoms with van der Waals surface area (Å²) < 4.78 is 59.4. The zero-order valence-electron chi connectivity index (χ0n) is 42.7. The first kappa shape index (κ1) is 53.9. The number of nitrogens with zero attached hydrogens (tertiary/aromatic N) is 6. The van der Waals surface area contributed by atoms with Crippen LogP contribution in [0.15, 0.2) is 48.5 Å². The maximum Gasteiger partial charge on any atom is 0.416 e. The van der Waals surface area contributed by atoms with Crippen molar-refractivity contribution in [2.75, 3.05) is 81.6 Å². The van der Waals surface area contributed by atoms with Crippen LogP contribution in [-0.2, 0) is 25.3 Å². The van der Waals surface area contributed by atoms with Crippen molar-refractivity contribution in [2.24, 2.45) is 11.8 Å². The third-order valence-electron chi connectivity index (χ3n) is 14.2. The standard InChI is InChI=1S/C53H65ClF3N9O8/c1-31(36-23-37(53(55,56)57)25-38(24-36)61-51(71)74-52(3,4)5)58-48-41-27-40(45(72-6)28-43(41)59-32(2)60-48)34-7-9-35(10-8-34)49(69)65-21-19-63(20-22-65)29-33-13-16-64(17-14-33)47(68)30-73-39-11-12-42(54)44(26-39)66-18-15-46(67)62-50(66)70/h11-12,23-28,31,33-35H,7-10,13-22,29-30H2,1-6H3,(H,61,71)(H,58,59,60)(H,62,67,70)/t31-,34?,35?/m1/s1. The number of aryl methyl sites for hydroxylation is 1. The summed E-state index contributed by atoms with van der Waals surface area (Å²) in [6.07, 6.45) is -0.698. The Morgan fingerprint density at radius 2 is 1.59 bits per heavy atom. The van der Waals surface area contributed by atoms with Crippen LogP contribution in [0.5, 0.6) is 11.5 Å². The molecule has 1 aromatic heterocycles. The minimum absolute atomic E-state index is 0.0593. The van der Waals surface area contributed by atoms with Gasteiger partial charge in [-0.25, -0.2) is 19.6 Å². The van der Waals surface area contributed by atoms with E-state index >= 15 is 0 Å². The van der Waals surface area contributed by atoms with Gasteiger partial charge in [-0.2, -0.15) is 13.2 Å². The molecule has 6 amide bonds. The predicted octanol–water partition coefficient (Wildman–Crippen LogP) is 9.32. The fraction of sp³-hybridized carbons (Fsp3) is 0.528. The second kappa shape index (κ2) is 22.6. The summed E-state index contributed by atoms with van der Waals surface area (Å²) in [5.41, 5.74) is 0.394. The molecule has 1 atom stereocenters. The highest BCUT2D eigenvalue weighted by Gasteiger charge is 2.35. The highest BCUT2D eigenvalue weighted by atomic mass is 35.5. The summed E-state index contributed by atoms with van der Waals surface area (Å²) in [6, 6.07) is 10.9. The quantitative estimate of drug-likeness (QED) is 0.115. The van der Waals surface area contributed by atoms with Crippen LogP contribution >= 0.6 is 11.6 Å². The van der Waals surface area contributed by atoms with E-state index in [2.05, 4.69) is 25.8 Å². The molecule has 0 unspecified atom stereocenters. The fourth-order valence-electron chi connectivity index (χ4n) is 10.4. The van der Waals surface area contributed by atoms with Crippen molar-refractivity contribution in [3.05, 3.63) is 76.1 Å². The zero-order valence-corrected chi connectivity index (χ0v) is 43.5. The number of piperazine rings is 1. The maximum atomic E-state index is 14.1. The number of aromatic nitrogens is 2. The van der Waals surface area contributed by atoms with E-state index in [1.165, 1.54) is 11.0 Å². The molecule has 3 aliphatic heterocycles. The van der Waals surface area contributed by atoms with Gasteiger partial charge in [0.2, 0.25) is 11.8 Å². The van der Waals surface area contributed by atoms with Crippen molar-refractivity contribution in [1.29, 1.82) is 0 Å². The Balaban J connectivity index is 0.815. The Hall–Kier alpha value is -6.41. The van der Waals surface area contributed by atoms with Crippen molar-refractivity contribution in [1.82, 2.24) is 30.0 Å². The Bertz CT molecular complexity index is 2750. The van der Waals surface area contributed by atoms with E-state index in [0.717, 1.165) is 75.9 Å². The number of carbonyl (C=O) groups excluding carboxylic acids is 5. The van der Waals surface area contributed by atoms with Crippen LogP contribution in [0.3, 0.4) is 0 Å². The number of urea groups is 1. The van der Waals surface area contributed by atoms with E-state index < -0.39 is 35.5 Å². The lowest BCUT2D eigenvalue weighted by molar-refractivity contribution is -0.139. The number of piperidine rings is 1. The number of fused-ring (bicyclic) bond motifs is 1. The topological polar surface area (TPSA) is 188 Å². The Labute approximate surface area is 433 Å². The van der Waals surface area contributed by atoms with E-state index in [4.69, 9.17) is 30.8 Å². The lowest BCUT2D eigenvalue weighted by atomic mass is 9.77. The molecular formula is C53H65ClF3N9O8. The minimum atomic E-state index is -4.68. The second-order valence-electron chi connectivity index (χ2n) is 20.7. The van der Waals surface area contributed by atoms with Gasteiger partial charge < -0.3 is 29.3 Å². The molecule has 4 aromatic rings. The Kier molecular flexibility index (Phi) is 16.5. The summed E-state index contributed by atoms with van der Waals surface area (Å²) >= 11 is 6.36. The number of nitrogens with one attached hydrogen (secondary N) is 3. The van der Waals surface area contributed by atoms with Crippen molar-refractivity contribution in [3.8, 4) is 11.5 Å². The number of anilines is 3. The molecule has 1 saturated carbocycles. The summed E-state index contributed by atoms with van der Waals surface area (Å²) in [5.74, 6) is 2.09. The third kappa shape index (κ3) is 13.3. The average Bonchev–Trinajstić information content (AvgIpc) is 3.35. The molecule has 3 aromatic carbocycles. The van der Waals surface area contributed by atoms with Gasteiger partial charge >= 0.3 is 18.3 Å². The van der Waals surface area contributed by atoms with E-state index in [-0.39, 0.29) is 60.4 Å². The third-order valence-corrected chi connectivity index (χ3v) is 14.6. The van der Waals surface area contributed by atoms with Crippen LogP contribution in [-0.4, -0.2) is 126 Å². The molecule has 1 aliphatic carbocycles. The number of likely N-dealkylation sites (tertiary alicyclic amines) is 1. The number of hydrogen-bond acceptors (Lipinski definition) is 12. The van der Waals surface area contributed by atoms with Gasteiger partial charge in [-0.3, -0.25) is 34.8 Å². The molecule has 8 rings (SSSR count). The predicted molar refractivity (Wildman–Crippen MR) is 274 cm³/mol. The van der Waals surface area contributed by atoms with Gasteiger partial charge in [0, 0.05) is 87.9 Å². The first-order valence-electron chi connectivity index (χ1n) is 25.3. The van der Waals surface area contributed by atoms with E-state index in [0.29, 0.717) is 76.9 Å². The smallest absolute Gasteiger partial charge is 0.416 e. The summed E-state index contributed by atoms with van der Waals surface area (Å²) in [7, 11) is 1.61. The van der Waals surface area contributed by atoms with Crippen LogP contribution in [0.1, 0.15) is 107 Å². The molecule has 4 fully saturated rings. The Morgan fingerprint density at radius 1 is 0.878 bits per heavy atom. The molecule has 21 heteroatoms. The second-order valence-corrected chi connectivity index (χ2v) is 21.1. The molecule has 4 aliphatic rings. The molecule has 0 radical (unpaired) electrons. The van der Waals surface area contributed by atoms with Gasteiger partial charge in [-0.05, 0) is 133 Å². The molecule has 398 valence electrons. The highest BCUT2D eigenvalue weighted by Crippen LogP contribution is 2.43. The zero-order chi connectivity index (χ0) is 53.1. The first-order chi connectivity index (χ1) is 35.1. The molecule has 74 heavy (non-hydrogen) atoms. The lowest BCUT2D eigenvalue weighted by Gasteiger charge is -2.40. The maximum absolute atomic E-state index is 14.1. The number of ether oxygens (including phenoxy) is 3. The first-order valence-corrected chi connectivity index (χ1v) is 25.7. The molecular weight excluding hydrogens is 983 g/mol. The number of imide groups is 1. The normalized spacial score (nSPS) is 19.7. The van der Waals surface area contributed by atoms with E-state index in [1.807, 2.05) is 21.9 Å². The largest absolute Gasteiger partial charge is 0.496 e. The number of halogens is 4. The molecule has 0 bridgehead atoms. The highest BCUT2D eigenvalue weighted by molar-refractivity contribution is 6.34. The fourth-order valence-corrected chi connectivity index (χ4v) is 10.6. The van der Waals surface area contributed by atoms with Crippen molar-refractivity contribution < 1.29 is 51.4 Å². The van der Waals surface area contributed by atoms with E-state index in [9.17, 15) is 37.1 Å². The molecule has 0 spiro atoms. The number of benzene rings is 3. The minimum Gasteiger partial charge on any atom is -0.496 e. The number of amides is 6. The van der Waals surface area contributed by atoms with Crippen LogP contribution in [0.4, 0.5) is 40.0 Å². The molecule has 17 nitrogen and oxygen atoms in total. The van der Waals surface area contributed by atoms with Gasteiger partial charge in [-0.1, -0.05) is 11.6 Å². The summed E-state index contributed by atoms with van der Waals surface area (Å²) in [4.78, 5) is 80.6. The van der Waals surface area contributed by atoms with Crippen molar-refractivity contribution >= 4 is 69.5 Å². The van der Waals surface area contributed by atoms with Crippen molar-refractivity contribution in [3.63, 3.8) is 0 Å². The van der Waals surface area contributed by atoms with E-state index in [1.54, 1.807) is 59.9 Å². The number of alkyl halides is 3. The van der Waals surface area contributed by atoms with Crippen LogP contribution < -0.4 is 30.3 Å². The molecule has 3 N–H and O–H groups in total. The lowest BCUT2D eigenvalue weighted by Crippen LogP contribution is -2.52. The van der Waals surface area contributed by atoms with Crippen LogP contribution in [0, 0.1) is 18.8 Å². The summed E-state index contributed by atoms with van der Waals surface area (Å²) in [5, 5.41) is 9.06.